The highest BCUT2D eigenvalue weighted by Crippen LogP contribution is 2.35. The topological polar surface area (TPSA) is 64.8 Å². The van der Waals surface area contributed by atoms with Crippen LogP contribution in [-0.4, -0.2) is 25.2 Å². The van der Waals surface area contributed by atoms with E-state index in [1.54, 1.807) is 30.0 Å². The first kappa shape index (κ1) is 14.3. The number of amides is 1. The zero-order valence-electron chi connectivity index (χ0n) is 12.4. The minimum absolute atomic E-state index is 0.0882. The van der Waals surface area contributed by atoms with Crippen LogP contribution in [0.4, 0.5) is 11.4 Å². The van der Waals surface area contributed by atoms with Crippen molar-refractivity contribution in [2.75, 3.05) is 23.8 Å². The van der Waals surface area contributed by atoms with Gasteiger partial charge in [0, 0.05) is 5.69 Å². The van der Waals surface area contributed by atoms with Crippen molar-refractivity contribution in [2.24, 2.45) is 0 Å². The zero-order valence-corrected chi connectivity index (χ0v) is 12.4. The summed E-state index contributed by atoms with van der Waals surface area (Å²) in [5, 5.41) is 0. The molecule has 1 aliphatic heterocycles. The molecule has 0 aromatic heterocycles. The van der Waals surface area contributed by atoms with Crippen molar-refractivity contribution in [1.29, 1.82) is 0 Å². The number of rotatable bonds is 4. The predicted octanol–water partition coefficient (Wildman–Crippen LogP) is 2.46. The number of nitrogens with two attached hydrogens (primary N) is 1. The highest BCUT2D eigenvalue weighted by atomic mass is 16.5. The van der Waals surface area contributed by atoms with E-state index in [1.807, 2.05) is 30.3 Å². The number of para-hydroxylation sites is 1. The van der Waals surface area contributed by atoms with Gasteiger partial charge in [-0.05, 0) is 37.3 Å². The van der Waals surface area contributed by atoms with Gasteiger partial charge in [0.25, 0.3) is 5.91 Å². The molecule has 1 atom stereocenters. The molecule has 0 radical (unpaired) electrons. The van der Waals surface area contributed by atoms with Crippen LogP contribution in [-0.2, 0) is 4.79 Å². The molecule has 1 aliphatic rings. The molecule has 0 fully saturated rings. The number of carbonyl (C=O) groups is 1. The first-order chi connectivity index (χ1) is 10.6. The molecule has 114 valence electrons. The number of benzene rings is 2. The van der Waals surface area contributed by atoms with Crippen LogP contribution in [0.1, 0.15) is 6.92 Å². The largest absolute Gasteiger partial charge is 0.492 e. The molecular weight excluding hydrogens is 280 g/mol. The second kappa shape index (κ2) is 5.97. The first-order valence-electron chi connectivity index (χ1n) is 7.20. The molecular formula is C17H18N2O3. The Hall–Kier alpha value is -2.69. The van der Waals surface area contributed by atoms with Crippen molar-refractivity contribution >= 4 is 17.3 Å². The normalized spacial score (nSPS) is 16.9. The van der Waals surface area contributed by atoms with E-state index in [0.717, 1.165) is 5.75 Å². The molecule has 2 aromatic carbocycles. The number of anilines is 2. The molecule has 1 amide bonds. The third-order valence-electron chi connectivity index (χ3n) is 3.52. The molecule has 0 saturated heterocycles. The second-order valence-corrected chi connectivity index (χ2v) is 5.14. The van der Waals surface area contributed by atoms with E-state index in [-0.39, 0.29) is 5.91 Å². The van der Waals surface area contributed by atoms with Crippen LogP contribution >= 0.6 is 0 Å². The van der Waals surface area contributed by atoms with Gasteiger partial charge >= 0.3 is 0 Å². The number of fused-ring (bicyclic) bond motifs is 1. The van der Waals surface area contributed by atoms with Gasteiger partial charge in [0.1, 0.15) is 18.1 Å². The Morgan fingerprint density at radius 1 is 1.23 bits per heavy atom. The van der Waals surface area contributed by atoms with Gasteiger partial charge in [0.15, 0.2) is 6.10 Å². The van der Waals surface area contributed by atoms with Gasteiger partial charge in [-0.25, -0.2) is 0 Å². The average molecular weight is 298 g/mol. The van der Waals surface area contributed by atoms with E-state index in [9.17, 15) is 4.79 Å². The molecule has 1 heterocycles. The maximum absolute atomic E-state index is 12.3. The molecule has 0 aliphatic carbocycles. The van der Waals surface area contributed by atoms with Gasteiger partial charge in [-0.2, -0.15) is 0 Å². The van der Waals surface area contributed by atoms with Crippen LogP contribution in [0, 0.1) is 0 Å². The minimum Gasteiger partial charge on any atom is -0.492 e. The Balaban J connectivity index is 1.74. The molecule has 22 heavy (non-hydrogen) atoms. The first-order valence-corrected chi connectivity index (χ1v) is 7.20. The van der Waals surface area contributed by atoms with E-state index in [0.29, 0.717) is 30.3 Å². The lowest BCUT2D eigenvalue weighted by Gasteiger charge is -2.33. The molecule has 0 saturated carbocycles. The third kappa shape index (κ3) is 2.83. The molecule has 0 spiro atoms. The minimum atomic E-state index is -0.507. The van der Waals surface area contributed by atoms with Crippen molar-refractivity contribution in [2.45, 2.75) is 13.0 Å². The molecule has 5 nitrogen and oxygen atoms in total. The lowest BCUT2D eigenvalue weighted by molar-refractivity contribution is -0.125. The predicted molar refractivity (Wildman–Crippen MR) is 85.2 cm³/mol. The second-order valence-electron chi connectivity index (χ2n) is 5.14. The molecule has 5 heteroatoms. The number of ether oxygens (including phenoxy) is 2. The molecule has 2 N–H and O–H groups in total. The van der Waals surface area contributed by atoms with E-state index < -0.39 is 6.10 Å². The summed E-state index contributed by atoms with van der Waals surface area (Å²) in [5.41, 5.74) is 7.11. The zero-order chi connectivity index (χ0) is 15.5. The van der Waals surface area contributed by atoms with Gasteiger partial charge in [0.05, 0.1) is 12.2 Å². The van der Waals surface area contributed by atoms with Crippen LogP contribution in [0.3, 0.4) is 0 Å². The van der Waals surface area contributed by atoms with Gasteiger partial charge in [-0.3, -0.25) is 4.79 Å². The smallest absolute Gasteiger partial charge is 0.267 e. The molecule has 2 aromatic rings. The van der Waals surface area contributed by atoms with Crippen molar-refractivity contribution in [1.82, 2.24) is 0 Å². The van der Waals surface area contributed by atoms with Gasteiger partial charge < -0.3 is 20.1 Å². The Labute approximate surface area is 129 Å². The summed E-state index contributed by atoms with van der Waals surface area (Å²) in [6.07, 6.45) is -0.507. The maximum Gasteiger partial charge on any atom is 0.267 e. The Morgan fingerprint density at radius 2 is 2.00 bits per heavy atom. The van der Waals surface area contributed by atoms with Crippen LogP contribution in [0.2, 0.25) is 0 Å². The van der Waals surface area contributed by atoms with Gasteiger partial charge in [-0.1, -0.05) is 18.2 Å². The Bertz CT molecular complexity index is 673. The summed E-state index contributed by atoms with van der Waals surface area (Å²) >= 11 is 0. The number of nitrogens with zero attached hydrogens (tertiary/aromatic N) is 1. The Morgan fingerprint density at radius 3 is 2.77 bits per heavy atom. The highest BCUT2D eigenvalue weighted by Gasteiger charge is 2.31. The standard InChI is InChI=1S/C17H18N2O3/c1-12-17(20)19(9-10-21-14-5-3-2-4-6-14)15-11-13(18)7-8-16(15)22-12/h2-8,11-12H,9-10,18H2,1H3/t12-/m1/s1. The van der Waals surface area contributed by atoms with Crippen LogP contribution in [0.15, 0.2) is 48.5 Å². The summed E-state index contributed by atoms with van der Waals surface area (Å²) in [6, 6.07) is 14.8. The Kier molecular flexibility index (Phi) is 3.87. The van der Waals surface area contributed by atoms with Gasteiger partial charge in [0.2, 0.25) is 0 Å². The highest BCUT2D eigenvalue weighted by molar-refractivity contribution is 6.00. The fraction of sp³-hybridized carbons (Fsp3) is 0.235. The molecule has 3 rings (SSSR count). The van der Waals surface area contributed by atoms with Gasteiger partial charge in [-0.15, -0.1) is 0 Å². The van der Waals surface area contributed by atoms with Crippen LogP contribution in [0.25, 0.3) is 0 Å². The van der Waals surface area contributed by atoms with Crippen LogP contribution in [0.5, 0.6) is 11.5 Å². The summed E-state index contributed by atoms with van der Waals surface area (Å²) in [4.78, 5) is 14.0. The number of hydrogen-bond donors (Lipinski definition) is 1. The van der Waals surface area contributed by atoms with E-state index >= 15 is 0 Å². The fourth-order valence-electron chi connectivity index (χ4n) is 2.43. The van der Waals surface area contributed by atoms with E-state index in [2.05, 4.69) is 0 Å². The summed E-state index contributed by atoms with van der Waals surface area (Å²) in [7, 11) is 0. The quantitative estimate of drug-likeness (QED) is 0.881. The third-order valence-corrected chi connectivity index (χ3v) is 3.52. The number of carbonyl (C=O) groups excluding carboxylic acids is 1. The fourth-order valence-corrected chi connectivity index (χ4v) is 2.43. The average Bonchev–Trinajstić information content (AvgIpc) is 2.53. The molecule has 0 bridgehead atoms. The van der Waals surface area contributed by atoms with Crippen molar-refractivity contribution in [3.8, 4) is 11.5 Å². The monoisotopic (exact) mass is 298 g/mol. The summed E-state index contributed by atoms with van der Waals surface area (Å²) in [6.45, 7) is 2.58. The lowest BCUT2D eigenvalue weighted by atomic mass is 10.1. The van der Waals surface area contributed by atoms with Crippen molar-refractivity contribution in [3.63, 3.8) is 0 Å². The lowest BCUT2D eigenvalue weighted by Crippen LogP contribution is -2.46. The van der Waals surface area contributed by atoms with Crippen LogP contribution < -0.4 is 20.1 Å². The summed E-state index contributed by atoms with van der Waals surface area (Å²) in [5.74, 6) is 1.36. The molecule has 0 unspecified atom stereocenters. The van der Waals surface area contributed by atoms with E-state index in [4.69, 9.17) is 15.2 Å². The SMILES string of the molecule is C[C@H]1Oc2ccc(N)cc2N(CCOc2ccccc2)C1=O. The number of hydrogen-bond acceptors (Lipinski definition) is 4. The summed E-state index contributed by atoms with van der Waals surface area (Å²) < 4.78 is 11.3. The van der Waals surface area contributed by atoms with E-state index in [1.165, 1.54) is 0 Å². The van der Waals surface area contributed by atoms with Crippen molar-refractivity contribution < 1.29 is 14.3 Å². The van der Waals surface area contributed by atoms with Crippen molar-refractivity contribution in [3.05, 3.63) is 48.5 Å². The number of nitrogen functional groups attached to an aromatic ring is 1. The maximum atomic E-state index is 12.3.